The van der Waals surface area contributed by atoms with Crippen LogP contribution in [0.25, 0.3) is 0 Å². The van der Waals surface area contributed by atoms with Gasteiger partial charge in [0, 0.05) is 49.8 Å². The summed E-state index contributed by atoms with van der Waals surface area (Å²) in [4.78, 5) is 33.6. The number of anilines is 1. The van der Waals surface area contributed by atoms with Crippen molar-refractivity contribution in [2.75, 3.05) is 65.5 Å². The number of methoxy groups -OCH3 is 1. The third-order valence-electron chi connectivity index (χ3n) is 11.7. The summed E-state index contributed by atoms with van der Waals surface area (Å²) in [5, 5.41) is 0.730. The van der Waals surface area contributed by atoms with Crippen LogP contribution < -0.4 is 14.4 Å². The first kappa shape index (κ1) is 36.2. The van der Waals surface area contributed by atoms with Crippen LogP contribution in [0.1, 0.15) is 50.7 Å². The highest BCUT2D eigenvalue weighted by molar-refractivity contribution is 7.92. The van der Waals surface area contributed by atoms with Gasteiger partial charge in [-0.25, -0.2) is 13.7 Å². The smallest absolute Gasteiger partial charge is 0.330 e. The summed E-state index contributed by atoms with van der Waals surface area (Å²) in [7, 11) is 1.85. The molecular formula is C38H50ClN5O6S. The van der Waals surface area contributed by atoms with Gasteiger partial charge in [-0.15, -0.1) is 4.36 Å². The Morgan fingerprint density at radius 3 is 2.67 bits per heavy atom. The number of nitrogens with zero attached hydrogens (tertiary/aromatic N) is 4. The number of halogens is 1. The molecule has 0 aromatic heterocycles. The average molecular weight is 740 g/mol. The van der Waals surface area contributed by atoms with Crippen molar-refractivity contribution in [1.29, 1.82) is 0 Å². The van der Waals surface area contributed by atoms with Gasteiger partial charge in [0.05, 0.1) is 29.9 Å². The lowest BCUT2D eigenvalue weighted by Gasteiger charge is -2.46. The third kappa shape index (κ3) is 7.02. The molecule has 5 aliphatic rings. The zero-order valence-electron chi connectivity index (χ0n) is 30.2. The number of likely N-dealkylation sites (N-methyl/N-ethyl adjacent to an activating group) is 1. The second-order valence-corrected chi connectivity index (χ2v) is 17.9. The Morgan fingerprint density at radius 2 is 1.94 bits per heavy atom. The highest BCUT2D eigenvalue weighted by Crippen LogP contribution is 2.47. The quantitative estimate of drug-likeness (QED) is 0.415. The maximum Gasteiger partial charge on any atom is 0.330 e. The molecule has 1 saturated carbocycles. The van der Waals surface area contributed by atoms with E-state index in [2.05, 4.69) is 26.1 Å². The molecule has 1 saturated heterocycles. The number of nitrogens with one attached hydrogen (secondary N) is 1. The van der Waals surface area contributed by atoms with E-state index in [9.17, 15) is 9.59 Å². The SMILES string of the molecule is CO[C@H]1C=CCOC(C)(C)C(=O)N=S(=O)(NC(=O)N2CC(N(C)C)C2)c2ccc3c(c2)N(C[C@@H]2CC[C@H]21)C[C@@]1(CCCc2cc(Cl)ccc21)CO3. The number of rotatable bonds is 3. The number of aryl methyl sites for hydroxylation is 1. The van der Waals surface area contributed by atoms with E-state index in [-0.39, 0.29) is 29.1 Å². The first-order valence-electron chi connectivity index (χ1n) is 18.0. The van der Waals surface area contributed by atoms with E-state index in [1.54, 1.807) is 38.0 Å². The van der Waals surface area contributed by atoms with Crippen molar-refractivity contribution < 1.29 is 28.0 Å². The number of hydrogen-bond acceptors (Lipinski definition) is 8. The summed E-state index contributed by atoms with van der Waals surface area (Å²) in [5.41, 5.74) is 1.57. The number of urea groups is 1. The van der Waals surface area contributed by atoms with Crippen molar-refractivity contribution in [3.8, 4) is 5.75 Å². The number of likely N-dealkylation sites (tertiary alicyclic amines) is 1. The molecule has 51 heavy (non-hydrogen) atoms. The van der Waals surface area contributed by atoms with Crippen LogP contribution in [-0.4, -0.2) is 104 Å². The fourth-order valence-corrected chi connectivity index (χ4v) is 10.0. The molecule has 13 heteroatoms. The van der Waals surface area contributed by atoms with E-state index in [1.165, 1.54) is 11.1 Å². The molecule has 2 bridgehead atoms. The zero-order valence-corrected chi connectivity index (χ0v) is 31.8. The molecule has 1 unspecified atom stereocenters. The van der Waals surface area contributed by atoms with E-state index in [4.69, 9.17) is 25.8 Å². The maximum atomic E-state index is 15.1. The molecule has 1 spiro atoms. The molecule has 7 rings (SSSR count). The lowest BCUT2D eigenvalue weighted by molar-refractivity contribution is -0.137. The molecule has 3 aliphatic heterocycles. The molecule has 1 N–H and O–H groups in total. The second-order valence-electron chi connectivity index (χ2n) is 15.5. The average Bonchev–Trinajstić information content (AvgIpc) is 3.19. The summed E-state index contributed by atoms with van der Waals surface area (Å²) in [5.74, 6) is 0.552. The Balaban J connectivity index is 1.33. The number of hydrogen-bond donors (Lipinski definition) is 1. The number of fused-ring (bicyclic) bond motifs is 4. The molecule has 11 nitrogen and oxygen atoms in total. The van der Waals surface area contributed by atoms with Gasteiger partial charge >= 0.3 is 6.03 Å². The standard InChI is InChI=1S/C38H50ClN5O6S/c1-37(2)35(45)40-51(47,41-36(46)43-21-28(22-43)42(3)4)29-12-15-34-32(19-29)44(20-26-10-13-30(26)33(48-5)9-7-17-50-37)23-38(24-49-34)16-6-8-25-18-27(39)11-14-31(25)38/h7,9,11-12,14-15,18-19,26,28,30,33H,6,8,10,13,16-17,20-24H2,1-5H3,(H,40,41,45,46,47)/t26-,30+,33-,38-,51?/m0/s1. The first-order valence-corrected chi connectivity index (χ1v) is 19.9. The maximum absolute atomic E-state index is 15.1. The van der Waals surface area contributed by atoms with E-state index in [0.717, 1.165) is 49.4 Å². The third-order valence-corrected chi connectivity index (χ3v) is 13.7. The minimum Gasteiger partial charge on any atom is -0.490 e. The second kappa shape index (κ2) is 14.0. The Bertz CT molecular complexity index is 1840. The molecule has 2 aromatic carbocycles. The minimum atomic E-state index is -3.81. The van der Waals surface area contributed by atoms with Crippen molar-refractivity contribution in [1.82, 2.24) is 14.5 Å². The number of benzene rings is 2. The predicted octanol–water partition coefficient (Wildman–Crippen LogP) is 5.44. The lowest BCUT2D eigenvalue weighted by Crippen LogP contribution is -2.61. The number of carbonyl (C=O) groups excluding carboxylic acids is 2. The van der Waals surface area contributed by atoms with Crippen LogP contribution in [0.5, 0.6) is 5.75 Å². The van der Waals surface area contributed by atoms with Crippen molar-refractivity contribution >= 4 is 39.1 Å². The first-order chi connectivity index (χ1) is 24.3. The van der Waals surface area contributed by atoms with Crippen molar-refractivity contribution in [2.24, 2.45) is 16.2 Å². The summed E-state index contributed by atoms with van der Waals surface area (Å²) in [6.45, 7) is 6.20. The molecule has 2 fully saturated rings. The van der Waals surface area contributed by atoms with Crippen molar-refractivity contribution in [2.45, 2.75) is 74.0 Å². The Labute approximate surface area is 306 Å². The van der Waals surface area contributed by atoms with E-state index in [1.807, 2.05) is 43.3 Å². The normalized spacial score (nSPS) is 30.6. The molecule has 5 atom stereocenters. The van der Waals surface area contributed by atoms with Gasteiger partial charge in [0.25, 0.3) is 5.91 Å². The molecule has 3 amide bonds. The lowest BCUT2D eigenvalue weighted by atomic mass is 9.68. The molecule has 276 valence electrons. The minimum absolute atomic E-state index is 0.105. The van der Waals surface area contributed by atoms with Crippen LogP contribution in [0.3, 0.4) is 0 Å². The zero-order chi connectivity index (χ0) is 36.1. The predicted molar refractivity (Wildman–Crippen MR) is 198 cm³/mol. The van der Waals surface area contributed by atoms with E-state index < -0.39 is 27.5 Å². The summed E-state index contributed by atoms with van der Waals surface area (Å²) >= 11 is 6.47. The van der Waals surface area contributed by atoms with E-state index in [0.29, 0.717) is 43.8 Å². The van der Waals surface area contributed by atoms with Gasteiger partial charge in [-0.1, -0.05) is 29.8 Å². The van der Waals surface area contributed by atoms with Crippen LogP contribution in [-0.2, 0) is 36.0 Å². The van der Waals surface area contributed by atoms with Gasteiger partial charge in [0.15, 0.2) is 9.92 Å². The molecule has 0 radical (unpaired) electrons. The van der Waals surface area contributed by atoms with Gasteiger partial charge in [-0.3, -0.25) is 4.79 Å². The Morgan fingerprint density at radius 1 is 1.14 bits per heavy atom. The number of ether oxygens (including phenoxy) is 3. The monoisotopic (exact) mass is 739 g/mol. The molecule has 2 aromatic rings. The summed E-state index contributed by atoms with van der Waals surface area (Å²) in [6.07, 6.45) is 8.81. The van der Waals surface area contributed by atoms with Gasteiger partial charge < -0.3 is 28.9 Å². The Hall–Kier alpha value is -3.16. The van der Waals surface area contributed by atoms with Crippen LogP contribution in [0.2, 0.25) is 5.02 Å². The fraction of sp³-hybridized carbons (Fsp3) is 0.579. The van der Waals surface area contributed by atoms with Gasteiger partial charge in [0.1, 0.15) is 11.4 Å². The largest absolute Gasteiger partial charge is 0.490 e. The topological polar surface area (TPSA) is 113 Å². The van der Waals surface area contributed by atoms with Crippen LogP contribution in [0.4, 0.5) is 10.5 Å². The van der Waals surface area contributed by atoms with Crippen LogP contribution in [0.15, 0.2) is 57.8 Å². The molecular weight excluding hydrogens is 690 g/mol. The summed E-state index contributed by atoms with van der Waals surface area (Å²) < 4.78 is 40.7. The Kier molecular flexibility index (Phi) is 9.94. The van der Waals surface area contributed by atoms with Crippen molar-refractivity contribution in [3.63, 3.8) is 0 Å². The summed E-state index contributed by atoms with van der Waals surface area (Å²) in [6, 6.07) is 11.1. The molecule has 2 aliphatic carbocycles. The van der Waals surface area contributed by atoms with Crippen LogP contribution >= 0.6 is 11.6 Å². The fourth-order valence-electron chi connectivity index (χ4n) is 8.20. The highest BCUT2D eigenvalue weighted by Gasteiger charge is 2.45. The number of carbonyl (C=O) groups is 2. The number of amides is 3. The van der Waals surface area contributed by atoms with Crippen molar-refractivity contribution in [3.05, 3.63) is 64.7 Å². The van der Waals surface area contributed by atoms with Crippen LogP contribution in [0, 0.1) is 11.8 Å². The van der Waals surface area contributed by atoms with Gasteiger partial charge in [-0.2, -0.15) is 0 Å². The highest BCUT2D eigenvalue weighted by atomic mass is 35.5. The molecule has 3 heterocycles. The van der Waals surface area contributed by atoms with E-state index >= 15 is 4.21 Å². The van der Waals surface area contributed by atoms with Gasteiger partial charge in [-0.05, 0) is 113 Å². The van der Waals surface area contributed by atoms with Gasteiger partial charge in [0.2, 0.25) is 0 Å².